The van der Waals surface area contributed by atoms with E-state index in [0.717, 1.165) is 0 Å². The van der Waals surface area contributed by atoms with Gasteiger partial charge in [0, 0.05) is 6.42 Å². The predicted molar refractivity (Wildman–Crippen MR) is 59.7 cm³/mol. The van der Waals surface area contributed by atoms with Crippen molar-refractivity contribution in [1.29, 1.82) is 0 Å². The van der Waals surface area contributed by atoms with E-state index in [9.17, 15) is 9.18 Å². The summed E-state index contributed by atoms with van der Waals surface area (Å²) in [5.41, 5.74) is -1.15. The number of oxime groups is 1. The maximum absolute atomic E-state index is 13.6. The van der Waals surface area contributed by atoms with Gasteiger partial charge in [-0.15, -0.1) is 0 Å². The third kappa shape index (κ3) is 1.98. The maximum atomic E-state index is 13.6. The van der Waals surface area contributed by atoms with Crippen LogP contribution >= 0.6 is 11.6 Å². The lowest BCUT2D eigenvalue weighted by Crippen LogP contribution is -2.35. The minimum Gasteiger partial charge on any atom is -0.478 e. The smallest absolute Gasteiger partial charge is 0.351 e. The molecule has 0 aliphatic carbocycles. The molecule has 1 aromatic rings. The number of carboxylic acids is 1. The zero-order valence-electron chi connectivity index (χ0n) is 8.91. The monoisotopic (exact) mass is 257 g/mol. The Balaban J connectivity index is 2.36. The number of carbonyl (C=O) groups is 1. The van der Waals surface area contributed by atoms with Crippen LogP contribution in [0.25, 0.3) is 0 Å². The number of carboxylic acid groups (broad SMARTS) is 1. The lowest BCUT2D eigenvalue weighted by Gasteiger charge is -2.14. The fraction of sp³-hybridized carbons (Fsp3) is 0.273. The largest absolute Gasteiger partial charge is 0.478 e. The normalized spacial score (nSPS) is 23.1. The first kappa shape index (κ1) is 11.9. The zero-order valence-corrected chi connectivity index (χ0v) is 9.66. The van der Waals surface area contributed by atoms with E-state index in [-0.39, 0.29) is 22.7 Å². The van der Waals surface area contributed by atoms with Crippen LogP contribution in [0.5, 0.6) is 0 Å². The van der Waals surface area contributed by atoms with E-state index >= 15 is 0 Å². The fourth-order valence-corrected chi connectivity index (χ4v) is 1.83. The molecule has 0 radical (unpaired) electrons. The first-order valence-corrected chi connectivity index (χ1v) is 5.25. The highest BCUT2D eigenvalue weighted by molar-refractivity contribution is 6.34. The molecule has 4 nitrogen and oxygen atoms in total. The second kappa shape index (κ2) is 4.00. The van der Waals surface area contributed by atoms with Crippen LogP contribution in [-0.4, -0.2) is 22.4 Å². The Morgan fingerprint density at radius 3 is 2.88 bits per heavy atom. The minimum absolute atomic E-state index is 0.0248. The van der Waals surface area contributed by atoms with Crippen LogP contribution in [0.4, 0.5) is 4.39 Å². The molecule has 0 spiro atoms. The molecule has 17 heavy (non-hydrogen) atoms. The van der Waals surface area contributed by atoms with Crippen LogP contribution in [0, 0.1) is 5.82 Å². The van der Waals surface area contributed by atoms with E-state index in [0.29, 0.717) is 0 Å². The Hall–Kier alpha value is -1.62. The SMILES string of the molecule is C[C@@]1(C(=O)O)CC(c2c(F)cccc2Cl)=NO1. The average molecular weight is 258 g/mol. The molecule has 1 N–H and O–H groups in total. The van der Waals surface area contributed by atoms with Gasteiger partial charge in [-0.1, -0.05) is 22.8 Å². The van der Waals surface area contributed by atoms with Crippen LogP contribution < -0.4 is 0 Å². The number of halogens is 2. The van der Waals surface area contributed by atoms with E-state index in [1.54, 1.807) is 0 Å². The van der Waals surface area contributed by atoms with Gasteiger partial charge in [-0.3, -0.25) is 0 Å². The third-order valence-corrected chi connectivity index (χ3v) is 2.88. The van der Waals surface area contributed by atoms with Crippen molar-refractivity contribution >= 4 is 23.3 Å². The van der Waals surface area contributed by atoms with Gasteiger partial charge in [-0.25, -0.2) is 9.18 Å². The Bertz CT molecular complexity index is 497. The van der Waals surface area contributed by atoms with Gasteiger partial charge in [-0.05, 0) is 19.1 Å². The van der Waals surface area contributed by atoms with Crippen molar-refractivity contribution in [2.45, 2.75) is 18.9 Å². The molecule has 1 aliphatic heterocycles. The highest BCUT2D eigenvalue weighted by Gasteiger charge is 2.43. The van der Waals surface area contributed by atoms with Crippen LogP contribution in [0.2, 0.25) is 5.02 Å². The lowest BCUT2D eigenvalue weighted by atomic mass is 9.96. The molecule has 90 valence electrons. The van der Waals surface area contributed by atoms with E-state index < -0.39 is 17.4 Å². The zero-order chi connectivity index (χ0) is 12.6. The predicted octanol–water partition coefficient (Wildman–Crippen LogP) is 2.45. The van der Waals surface area contributed by atoms with Gasteiger partial charge in [0.05, 0.1) is 16.3 Å². The summed E-state index contributed by atoms with van der Waals surface area (Å²) in [5, 5.41) is 12.7. The second-order valence-corrected chi connectivity index (χ2v) is 4.35. The van der Waals surface area contributed by atoms with Gasteiger partial charge in [0.1, 0.15) is 5.82 Å². The van der Waals surface area contributed by atoms with Gasteiger partial charge in [0.2, 0.25) is 5.60 Å². The standard InChI is InChI=1S/C11H9ClFNO3/c1-11(10(15)16)5-8(14-17-11)9-6(12)3-2-4-7(9)13/h2-4H,5H2,1H3,(H,15,16)/t11-/m0/s1. The first-order valence-electron chi connectivity index (χ1n) is 4.87. The molecule has 1 heterocycles. The average Bonchev–Trinajstić information content (AvgIpc) is 2.62. The summed E-state index contributed by atoms with van der Waals surface area (Å²) in [4.78, 5) is 15.8. The summed E-state index contributed by atoms with van der Waals surface area (Å²) in [7, 11) is 0. The molecule has 0 aromatic heterocycles. The van der Waals surface area contributed by atoms with Crippen LogP contribution in [0.15, 0.2) is 23.4 Å². The molecule has 0 unspecified atom stereocenters. The lowest BCUT2D eigenvalue weighted by molar-refractivity contribution is -0.160. The minimum atomic E-state index is -1.46. The van der Waals surface area contributed by atoms with Crippen molar-refractivity contribution in [2.75, 3.05) is 0 Å². The summed E-state index contributed by atoms with van der Waals surface area (Å²) in [6, 6.07) is 4.22. The van der Waals surface area contributed by atoms with Gasteiger partial charge in [-0.2, -0.15) is 0 Å². The molecule has 1 aromatic carbocycles. The van der Waals surface area contributed by atoms with Gasteiger partial charge in [0.15, 0.2) is 0 Å². The number of aliphatic carboxylic acids is 1. The quantitative estimate of drug-likeness (QED) is 0.885. The van der Waals surface area contributed by atoms with Crippen molar-refractivity contribution in [3.05, 3.63) is 34.6 Å². The summed E-state index contributed by atoms with van der Waals surface area (Å²) in [5.74, 6) is -1.70. The van der Waals surface area contributed by atoms with E-state index in [2.05, 4.69) is 5.16 Å². The number of benzene rings is 1. The van der Waals surface area contributed by atoms with Crippen molar-refractivity contribution in [3.63, 3.8) is 0 Å². The highest BCUT2D eigenvalue weighted by Crippen LogP contribution is 2.30. The van der Waals surface area contributed by atoms with Crippen LogP contribution in [0.1, 0.15) is 18.9 Å². The molecular formula is C11H9ClFNO3. The first-order chi connectivity index (χ1) is 7.94. The summed E-state index contributed by atoms with van der Waals surface area (Å²) in [6.45, 7) is 1.38. The number of rotatable bonds is 2. The van der Waals surface area contributed by atoms with Gasteiger partial charge < -0.3 is 9.94 Å². The fourth-order valence-electron chi connectivity index (χ4n) is 1.56. The molecule has 0 amide bonds. The van der Waals surface area contributed by atoms with Crippen molar-refractivity contribution in [2.24, 2.45) is 5.16 Å². The van der Waals surface area contributed by atoms with Gasteiger partial charge in [0.25, 0.3) is 0 Å². The molecular weight excluding hydrogens is 249 g/mol. The third-order valence-electron chi connectivity index (χ3n) is 2.57. The topological polar surface area (TPSA) is 58.9 Å². The second-order valence-electron chi connectivity index (χ2n) is 3.94. The van der Waals surface area contributed by atoms with E-state index in [1.807, 2.05) is 0 Å². The van der Waals surface area contributed by atoms with Crippen molar-refractivity contribution < 1.29 is 19.1 Å². The molecule has 0 bridgehead atoms. The highest BCUT2D eigenvalue weighted by atomic mass is 35.5. The summed E-state index contributed by atoms with van der Waals surface area (Å²) >= 11 is 5.86. The van der Waals surface area contributed by atoms with Gasteiger partial charge >= 0.3 is 5.97 Å². The van der Waals surface area contributed by atoms with Crippen LogP contribution in [-0.2, 0) is 9.63 Å². The number of hydrogen-bond donors (Lipinski definition) is 1. The van der Waals surface area contributed by atoms with Crippen molar-refractivity contribution in [1.82, 2.24) is 0 Å². The number of hydrogen-bond acceptors (Lipinski definition) is 3. The summed E-state index contributed by atoms with van der Waals surface area (Å²) in [6.07, 6.45) is -0.0248. The molecule has 1 atom stereocenters. The molecule has 0 saturated carbocycles. The van der Waals surface area contributed by atoms with E-state index in [4.69, 9.17) is 21.5 Å². The van der Waals surface area contributed by atoms with Crippen LogP contribution in [0.3, 0.4) is 0 Å². The Labute approximate surface area is 102 Å². The summed E-state index contributed by atoms with van der Waals surface area (Å²) < 4.78 is 13.6. The molecule has 0 saturated heterocycles. The number of nitrogens with zero attached hydrogens (tertiary/aromatic N) is 1. The Morgan fingerprint density at radius 1 is 1.65 bits per heavy atom. The molecule has 0 fully saturated rings. The Kier molecular flexibility index (Phi) is 2.79. The molecule has 1 aliphatic rings. The van der Waals surface area contributed by atoms with E-state index in [1.165, 1.54) is 25.1 Å². The maximum Gasteiger partial charge on any atom is 0.351 e. The molecule has 6 heteroatoms. The Morgan fingerprint density at radius 2 is 2.35 bits per heavy atom. The van der Waals surface area contributed by atoms with Crippen molar-refractivity contribution in [3.8, 4) is 0 Å². The molecule has 2 rings (SSSR count).